The molecule has 438 valence electrons. The van der Waals surface area contributed by atoms with E-state index in [4.69, 9.17) is 52.6 Å². The summed E-state index contributed by atoms with van der Waals surface area (Å²) in [6.45, 7) is 7.36. The van der Waals surface area contributed by atoms with Gasteiger partial charge in [-0.15, -0.1) is 0 Å². The molecule has 0 saturated carbocycles. The lowest BCUT2D eigenvalue weighted by molar-refractivity contribution is -0.137. The van der Waals surface area contributed by atoms with Gasteiger partial charge in [-0.1, -0.05) is 62.2 Å². The molecule has 10 N–H and O–H groups in total. The van der Waals surface area contributed by atoms with Crippen LogP contribution in [-0.2, 0) is 33.6 Å². The van der Waals surface area contributed by atoms with E-state index in [0.29, 0.717) is 18.4 Å². The van der Waals surface area contributed by atoms with Gasteiger partial charge in [0, 0.05) is 41.3 Å². The number of hydrogen-bond acceptors (Lipinski definition) is 16. The minimum Gasteiger partial charge on any atom is -0.496 e. The molecule has 4 heterocycles. The highest BCUT2D eigenvalue weighted by Gasteiger charge is 2.42. The number of ketones is 2. The smallest absolute Gasteiger partial charge is 0.480 e. The summed E-state index contributed by atoms with van der Waals surface area (Å²) in [5, 5.41) is 57.0. The largest absolute Gasteiger partial charge is 0.496 e. The number of hydrogen-bond donors (Lipinski definition) is 9. The molecule has 0 unspecified atom stereocenters. The average molecular weight is 1180 g/mol. The van der Waals surface area contributed by atoms with Gasteiger partial charge in [-0.25, -0.2) is 0 Å². The molecule has 0 radical (unpaired) electrons. The molecular formula is C59H64BCl2N5O16. The molecule has 5 aromatic carbocycles. The van der Waals surface area contributed by atoms with Crippen LogP contribution in [0.5, 0.6) is 40.2 Å². The van der Waals surface area contributed by atoms with Crippen LogP contribution in [0.25, 0.3) is 11.1 Å². The van der Waals surface area contributed by atoms with Crippen LogP contribution < -0.4 is 50.7 Å². The minimum absolute atomic E-state index is 0.0513. The number of ether oxygens (including phenoxy) is 5. The lowest BCUT2D eigenvalue weighted by Gasteiger charge is -2.31. The van der Waals surface area contributed by atoms with Gasteiger partial charge in [0.2, 0.25) is 35.3 Å². The van der Waals surface area contributed by atoms with Gasteiger partial charge in [0.25, 0.3) is 0 Å². The third kappa shape index (κ3) is 13.4. The summed E-state index contributed by atoms with van der Waals surface area (Å²) in [7, 11) is 1.72. The number of Topliss-reactive ketones (excluding diaryl/α,β-unsaturated/α-hetero) is 2. The van der Waals surface area contributed by atoms with Gasteiger partial charge >= 0.3 is 7.12 Å². The molecule has 0 spiro atoms. The number of methoxy groups -OCH3 is 3. The van der Waals surface area contributed by atoms with E-state index in [1.807, 2.05) is 13.8 Å². The van der Waals surface area contributed by atoms with Crippen molar-refractivity contribution < 1.29 is 77.5 Å². The number of halogens is 2. The summed E-state index contributed by atoms with van der Waals surface area (Å²) >= 11 is 13.7. The zero-order valence-corrected chi connectivity index (χ0v) is 47.9. The number of rotatable bonds is 11. The van der Waals surface area contributed by atoms with Crippen molar-refractivity contribution in [2.24, 2.45) is 23.5 Å². The summed E-state index contributed by atoms with van der Waals surface area (Å²) in [4.78, 5) is 103. The summed E-state index contributed by atoms with van der Waals surface area (Å²) in [6.07, 6.45) is -5.34. The summed E-state index contributed by atoms with van der Waals surface area (Å²) in [5.41, 5.74) is 6.80. The maximum absolute atomic E-state index is 15.8. The molecule has 83 heavy (non-hydrogen) atoms. The Morgan fingerprint density at radius 3 is 2.08 bits per heavy atom. The third-order valence-electron chi connectivity index (χ3n) is 15.0. The van der Waals surface area contributed by atoms with Crippen LogP contribution >= 0.6 is 23.2 Å². The van der Waals surface area contributed by atoms with E-state index in [2.05, 4.69) is 21.3 Å². The van der Waals surface area contributed by atoms with E-state index in [9.17, 15) is 39.4 Å². The second-order valence-corrected chi connectivity index (χ2v) is 22.1. The number of carbonyl (C=O) groups excluding carboxylic acids is 7. The lowest BCUT2D eigenvalue weighted by atomic mass is 9.72. The van der Waals surface area contributed by atoms with Gasteiger partial charge in [0.1, 0.15) is 53.3 Å². The van der Waals surface area contributed by atoms with Crippen LogP contribution in [0.2, 0.25) is 10.0 Å². The fourth-order valence-corrected chi connectivity index (χ4v) is 11.3. The highest BCUT2D eigenvalue weighted by atomic mass is 35.5. The zero-order valence-electron chi connectivity index (χ0n) is 46.4. The Hall–Kier alpha value is -7.73. The molecular weight excluding hydrogens is 1120 g/mol. The van der Waals surface area contributed by atoms with Crippen molar-refractivity contribution in [1.82, 2.24) is 21.3 Å². The summed E-state index contributed by atoms with van der Waals surface area (Å²) in [5.74, 6) is -12.4. The number of aliphatic hydroxyl groups is 2. The van der Waals surface area contributed by atoms with Gasteiger partial charge < -0.3 is 70.9 Å². The first-order valence-corrected chi connectivity index (χ1v) is 27.5. The number of benzene rings is 5. The first-order chi connectivity index (χ1) is 39.4. The van der Waals surface area contributed by atoms with Crippen LogP contribution in [0, 0.1) is 24.7 Å². The molecule has 4 aliphatic rings. The molecule has 5 amide bonds. The molecule has 0 fully saturated rings. The van der Waals surface area contributed by atoms with Crippen molar-refractivity contribution in [3.63, 3.8) is 0 Å². The number of fused-ring (bicyclic) bond motifs is 19. The molecule has 21 nitrogen and oxygen atoms in total. The predicted octanol–water partition coefficient (Wildman–Crippen LogP) is 6.25. The van der Waals surface area contributed by atoms with Gasteiger partial charge in [-0.2, -0.15) is 0 Å². The zero-order chi connectivity index (χ0) is 60.3. The number of nitrogens with one attached hydrogen (secondary N) is 4. The van der Waals surface area contributed by atoms with Crippen molar-refractivity contribution in [2.45, 2.75) is 102 Å². The van der Waals surface area contributed by atoms with Crippen molar-refractivity contribution in [2.75, 3.05) is 21.3 Å². The molecule has 5 aromatic rings. The maximum Gasteiger partial charge on any atom is 0.480 e. The van der Waals surface area contributed by atoms with Crippen LogP contribution in [-0.4, -0.2) is 102 Å². The number of primary amides is 1. The van der Waals surface area contributed by atoms with E-state index in [-0.39, 0.29) is 95.2 Å². The molecule has 0 aliphatic carbocycles. The Bertz CT molecular complexity index is 3380. The topological polar surface area (TPSA) is 321 Å². The van der Waals surface area contributed by atoms with Gasteiger partial charge in [0.15, 0.2) is 23.1 Å². The van der Waals surface area contributed by atoms with Crippen molar-refractivity contribution in [1.29, 1.82) is 0 Å². The van der Waals surface area contributed by atoms with Crippen LogP contribution in [0.4, 0.5) is 0 Å². The number of aryl methyl sites for hydroxylation is 1. The first kappa shape index (κ1) is 61.3. The second-order valence-electron chi connectivity index (χ2n) is 21.3. The highest BCUT2D eigenvalue weighted by Crippen LogP contribution is 2.48. The van der Waals surface area contributed by atoms with Crippen LogP contribution in [0.3, 0.4) is 0 Å². The van der Waals surface area contributed by atoms with Gasteiger partial charge in [0.05, 0.1) is 44.1 Å². The van der Waals surface area contributed by atoms with Gasteiger partial charge in [-0.05, 0) is 120 Å². The minimum atomic E-state index is -2.30. The van der Waals surface area contributed by atoms with Gasteiger partial charge in [-0.3, -0.25) is 33.6 Å². The van der Waals surface area contributed by atoms with Crippen molar-refractivity contribution in [3.05, 3.63) is 122 Å². The SMILES string of the molecule is CC[C@@H](CC(C)C)C(=O)N[C@H]1C(=O)C[C@@H](CC(N)=O)C(=O)N[C@H]2C(=O)C[C@H]3C(=O)N[C@H](C(=O)N[C@@H](B(O)O)c4cc(C)cc(OC)c4-c4cc3ccc4OC)[C@H](O)c3cc(Cl)cc(c3)Oc3cc2cc(c3OC)Oc2ccc(cc2Cl)[C@H]1O. The quantitative estimate of drug-likeness (QED) is 0.0660. The maximum atomic E-state index is 15.8. The molecule has 9 rings (SSSR count). The first-order valence-electron chi connectivity index (χ1n) is 26.8. The lowest BCUT2D eigenvalue weighted by Crippen LogP contribution is -2.54. The highest BCUT2D eigenvalue weighted by molar-refractivity contribution is 6.44. The number of nitrogens with two attached hydrogens (primary N) is 1. The molecule has 11 bridgehead atoms. The molecule has 24 heteroatoms. The van der Waals surface area contributed by atoms with Crippen molar-refractivity contribution in [3.8, 4) is 51.4 Å². The molecule has 0 saturated heterocycles. The monoisotopic (exact) mass is 1180 g/mol. The van der Waals surface area contributed by atoms with E-state index in [1.54, 1.807) is 26.0 Å². The molecule has 9 atom stereocenters. The Kier molecular flexibility index (Phi) is 19.1. The van der Waals surface area contributed by atoms with E-state index in [1.165, 1.54) is 88.1 Å². The fourth-order valence-electron chi connectivity index (χ4n) is 10.9. The Morgan fingerprint density at radius 2 is 1.45 bits per heavy atom. The molecule has 4 aliphatic heterocycles. The Balaban J connectivity index is 1.39. The van der Waals surface area contributed by atoms with Crippen molar-refractivity contribution >= 4 is 71.4 Å². The molecule has 0 aromatic heterocycles. The summed E-state index contributed by atoms with van der Waals surface area (Å²) in [6, 6.07) is 12.8. The van der Waals surface area contributed by atoms with Crippen LogP contribution in [0.15, 0.2) is 78.9 Å². The number of aliphatic hydroxyl groups excluding tert-OH is 2. The number of amides is 5. The Labute approximate surface area is 488 Å². The average Bonchev–Trinajstić information content (AvgIpc) is 3.68. The van der Waals surface area contributed by atoms with Crippen LogP contribution in [0.1, 0.15) is 116 Å². The standard InChI is InChI=1S/C59H64BCl2N5O16/c1-8-28(13-26(2)3)56(73)65-50-40(68)20-33(23-47(63)70)57(74)64-49-31-21-45(54(81-7)46(22-31)83-43-12-10-30(52(50)71)19-39(43)62)82-35-17-32(16-34(61)24-35)53(72)51-59(76)67-55(60(77)78)38-14-27(4)15-44(80-6)48(38)37-18-29(9-11-42(37)79-5)36(25-41(49)69)58(75)66-51/h9-12,14-19,21-22,24,26,28,33,36,49-53,55,71-72,77-78H,8,13,20,23,25H2,1-7H3,(H2,63,70)(H,64,74)(H,65,73)(H,66,75)(H,67,76)/t28-,33-,36+,49+,50-,51-,52+,53+,55+/m0/s1. The normalized spacial score (nSPS) is 22.2. The second kappa shape index (κ2) is 25.8. The summed E-state index contributed by atoms with van der Waals surface area (Å²) < 4.78 is 30.5. The van der Waals surface area contributed by atoms with E-state index < -0.39 is 122 Å². The fraction of sp³-hybridized carbons (Fsp3) is 0.373. The van der Waals surface area contributed by atoms with E-state index >= 15 is 14.4 Å². The van der Waals surface area contributed by atoms with E-state index in [0.717, 1.165) is 0 Å². The predicted molar refractivity (Wildman–Crippen MR) is 304 cm³/mol. The third-order valence-corrected chi connectivity index (χ3v) is 15.5. The number of carbonyl (C=O) groups is 7. The Morgan fingerprint density at radius 1 is 0.747 bits per heavy atom.